The summed E-state index contributed by atoms with van der Waals surface area (Å²) in [7, 11) is 0. The fraction of sp³-hybridized carbons (Fsp3) is 0.438. The van der Waals surface area contributed by atoms with Gasteiger partial charge in [0.15, 0.2) is 5.95 Å². The molecular formula is C16H20ClN3. The van der Waals surface area contributed by atoms with Gasteiger partial charge in [-0.2, -0.15) is 0 Å². The predicted molar refractivity (Wildman–Crippen MR) is 83.1 cm³/mol. The molecule has 20 heavy (non-hydrogen) atoms. The van der Waals surface area contributed by atoms with Gasteiger partial charge in [0.1, 0.15) is 0 Å². The first kappa shape index (κ1) is 13.5. The van der Waals surface area contributed by atoms with Crippen molar-refractivity contribution in [3.8, 4) is 0 Å². The van der Waals surface area contributed by atoms with E-state index in [0.717, 1.165) is 22.8 Å². The summed E-state index contributed by atoms with van der Waals surface area (Å²) in [6, 6.07) is 8.15. The van der Waals surface area contributed by atoms with Gasteiger partial charge in [-0.3, -0.25) is 0 Å². The zero-order valence-electron chi connectivity index (χ0n) is 12.1. The minimum atomic E-state index is 0.191. The van der Waals surface area contributed by atoms with Crippen LogP contribution in [-0.4, -0.2) is 9.97 Å². The van der Waals surface area contributed by atoms with Crippen LogP contribution in [0.25, 0.3) is 0 Å². The number of aromatic nitrogens is 2. The fourth-order valence-electron chi connectivity index (χ4n) is 3.44. The van der Waals surface area contributed by atoms with Crippen molar-refractivity contribution in [3.63, 3.8) is 0 Å². The number of hydrogen-bond donors (Lipinski definition) is 2. The number of aryl methyl sites for hydroxylation is 1. The van der Waals surface area contributed by atoms with E-state index in [1.54, 1.807) is 0 Å². The molecule has 1 aliphatic rings. The van der Waals surface area contributed by atoms with Crippen LogP contribution >= 0.6 is 11.6 Å². The Kier molecular flexibility index (Phi) is 3.05. The van der Waals surface area contributed by atoms with E-state index in [0.29, 0.717) is 17.8 Å². The second kappa shape index (κ2) is 4.52. The molecule has 1 fully saturated rings. The van der Waals surface area contributed by atoms with Gasteiger partial charge in [0, 0.05) is 16.6 Å². The SMILES string of the molecule is CCc1[nH]c(N)nc1C1C(c2cccc(Cl)c2)C1(C)C. The zero-order valence-corrected chi connectivity index (χ0v) is 12.8. The lowest BCUT2D eigenvalue weighted by atomic mass is 10.0. The summed E-state index contributed by atoms with van der Waals surface area (Å²) >= 11 is 6.12. The number of H-pyrrole nitrogens is 1. The summed E-state index contributed by atoms with van der Waals surface area (Å²) in [5.41, 5.74) is 9.59. The zero-order chi connectivity index (χ0) is 14.5. The molecule has 106 valence electrons. The molecule has 4 heteroatoms. The second-order valence-electron chi connectivity index (χ2n) is 6.17. The van der Waals surface area contributed by atoms with Gasteiger partial charge in [0.2, 0.25) is 0 Å². The minimum Gasteiger partial charge on any atom is -0.369 e. The van der Waals surface area contributed by atoms with Crippen LogP contribution in [0.3, 0.4) is 0 Å². The highest BCUT2D eigenvalue weighted by atomic mass is 35.5. The fourth-order valence-corrected chi connectivity index (χ4v) is 3.64. The molecule has 0 amide bonds. The van der Waals surface area contributed by atoms with Gasteiger partial charge in [-0.1, -0.05) is 44.5 Å². The quantitative estimate of drug-likeness (QED) is 0.893. The Morgan fingerprint density at radius 3 is 2.75 bits per heavy atom. The molecule has 0 bridgehead atoms. The third-order valence-corrected chi connectivity index (χ3v) is 4.75. The molecule has 1 aliphatic carbocycles. The van der Waals surface area contributed by atoms with Crippen LogP contribution in [0.15, 0.2) is 24.3 Å². The number of imidazole rings is 1. The van der Waals surface area contributed by atoms with Crippen LogP contribution in [0.4, 0.5) is 5.95 Å². The Labute approximate surface area is 124 Å². The Balaban J connectivity index is 1.99. The number of nitrogen functional groups attached to an aromatic ring is 1. The van der Waals surface area contributed by atoms with Crippen molar-refractivity contribution in [3.05, 3.63) is 46.2 Å². The molecule has 0 spiro atoms. The molecular weight excluding hydrogens is 270 g/mol. The van der Waals surface area contributed by atoms with Crippen molar-refractivity contribution in [1.82, 2.24) is 9.97 Å². The van der Waals surface area contributed by atoms with Crippen LogP contribution in [0.1, 0.15) is 49.6 Å². The van der Waals surface area contributed by atoms with Gasteiger partial charge in [0.25, 0.3) is 0 Å². The van der Waals surface area contributed by atoms with Gasteiger partial charge in [-0.25, -0.2) is 4.98 Å². The maximum absolute atomic E-state index is 6.12. The number of halogens is 1. The topological polar surface area (TPSA) is 54.7 Å². The normalized spacial score (nSPS) is 23.8. The van der Waals surface area contributed by atoms with E-state index in [4.69, 9.17) is 17.3 Å². The summed E-state index contributed by atoms with van der Waals surface area (Å²) in [5.74, 6) is 1.38. The Hall–Kier alpha value is -1.48. The van der Waals surface area contributed by atoms with E-state index in [9.17, 15) is 0 Å². The smallest absolute Gasteiger partial charge is 0.197 e. The first-order valence-corrected chi connectivity index (χ1v) is 7.42. The number of nitrogens with one attached hydrogen (secondary N) is 1. The second-order valence-corrected chi connectivity index (χ2v) is 6.61. The van der Waals surface area contributed by atoms with Gasteiger partial charge < -0.3 is 10.7 Å². The highest BCUT2D eigenvalue weighted by Gasteiger charge is 2.60. The Bertz CT molecular complexity index is 645. The van der Waals surface area contributed by atoms with Gasteiger partial charge in [-0.15, -0.1) is 0 Å². The van der Waals surface area contributed by atoms with Gasteiger partial charge in [0.05, 0.1) is 5.69 Å². The first-order chi connectivity index (χ1) is 9.45. The maximum Gasteiger partial charge on any atom is 0.197 e. The number of benzene rings is 1. The third kappa shape index (κ3) is 2.01. The van der Waals surface area contributed by atoms with Crippen molar-refractivity contribution < 1.29 is 0 Å². The third-order valence-electron chi connectivity index (χ3n) is 4.51. The van der Waals surface area contributed by atoms with Crippen molar-refractivity contribution in [2.75, 3.05) is 5.73 Å². The Morgan fingerprint density at radius 2 is 2.10 bits per heavy atom. The number of nitrogens with zero attached hydrogens (tertiary/aromatic N) is 1. The summed E-state index contributed by atoms with van der Waals surface area (Å²) in [4.78, 5) is 7.70. The molecule has 1 aromatic heterocycles. The lowest BCUT2D eigenvalue weighted by Gasteiger charge is -2.02. The average Bonchev–Trinajstić information content (AvgIpc) is 2.75. The van der Waals surface area contributed by atoms with E-state index in [1.807, 2.05) is 12.1 Å². The van der Waals surface area contributed by atoms with E-state index < -0.39 is 0 Å². The van der Waals surface area contributed by atoms with Gasteiger partial charge in [-0.05, 0) is 35.4 Å². The molecule has 2 aromatic rings. The molecule has 2 unspecified atom stereocenters. The molecule has 3 N–H and O–H groups in total. The lowest BCUT2D eigenvalue weighted by molar-refractivity contribution is 0.597. The molecule has 2 atom stereocenters. The molecule has 1 aromatic carbocycles. The van der Waals surface area contributed by atoms with Crippen LogP contribution in [0.2, 0.25) is 5.02 Å². The molecule has 0 aliphatic heterocycles. The lowest BCUT2D eigenvalue weighted by Crippen LogP contribution is -1.94. The van der Waals surface area contributed by atoms with Crippen molar-refractivity contribution in [2.45, 2.75) is 39.0 Å². The predicted octanol–water partition coefficient (Wildman–Crippen LogP) is 4.11. The highest BCUT2D eigenvalue weighted by Crippen LogP contribution is 2.70. The number of aromatic amines is 1. The van der Waals surface area contributed by atoms with E-state index in [2.05, 4.69) is 42.9 Å². The molecule has 0 saturated heterocycles. The number of nitrogens with two attached hydrogens (primary N) is 1. The molecule has 0 radical (unpaired) electrons. The summed E-state index contributed by atoms with van der Waals surface area (Å²) < 4.78 is 0. The van der Waals surface area contributed by atoms with Crippen LogP contribution in [-0.2, 0) is 6.42 Å². The summed E-state index contributed by atoms with van der Waals surface area (Å²) in [5, 5.41) is 0.793. The van der Waals surface area contributed by atoms with Crippen LogP contribution in [0.5, 0.6) is 0 Å². The maximum atomic E-state index is 6.12. The molecule has 3 nitrogen and oxygen atoms in total. The van der Waals surface area contributed by atoms with E-state index >= 15 is 0 Å². The number of anilines is 1. The van der Waals surface area contributed by atoms with E-state index in [1.165, 1.54) is 5.56 Å². The number of rotatable bonds is 3. The van der Waals surface area contributed by atoms with Gasteiger partial charge >= 0.3 is 0 Å². The molecule has 1 saturated carbocycles. The summed E-state index contributed by atoms with van der Waals surface area (Å²) in [6.45, 7) is 6.70. The first-order valence-electron chi connectivity index (χ1n) is 7.04. The van der Waals surface area contributed by atoms with Crippen LogP contribution < -0.4 is 5.73 Å². The number of hydrogen-bond acceptors (Lipinski definition) is 2. The minimum absolute atomic E-state index is 0.191. The summed E-state index contributed by atoms with van der Waals surface area (Å²) in [6.07, 6.45) is 0.925. The van der Waals surface area contributed by atoms with Crippen molar-refractivity contribution >= 4 is 17.5 Å². The molecule has 3 rings (SSSR count). The standard InChI is InChI=1S/C16H20ClN3/c1-4-11-14(20-15(18)19-11)13-12(16(13,2)3)9-6-5-7-10(17)8-9/h5-8,12-13H,4H2,1-3H3,(H3,18,19,20). The van der Waals surface area contributed by atoms with Crippen molar-refractivity contribution in [2.24, 2.45) is 5.41 Å². The monoisotopic (exact) mass is 289 g/mol. The average molecular weight is 290 g/mol. The van der Waals surface area contributed by atoms with Crippen LogP contribution in [0, 0.1) is 5.41 Å². The Morgan fingerprint density at radius 1 is 1.35 bits per heavy atom. The van der Waals surface area contributed by atoms with E-state index in [-0.39, 0.29) is 5.41 Å². The molecule has 1 heterocycles. The largest absolute Gasteiger partial charge is 0.369 e. The van der Waals surface area contributed by atoms with Crippen molar-refractivity contribution in [1.29, 1.82) is 0 Å². The highest BCUT2D eigenvalue weighted by molar-refractivity contribution is 6.30.